The number of hydrogen-bond donors (Lipinski definition) is 1. The highest BCUT2D eigenvalue weighted by molar-refractivity contribution is 7.90. The maximum atomic E-state index is 11.5. The number of rotatable bonds is 3. The minimum atomic E-state index is -3.42. The number of nitrogens with zero attached hydrogens (tertiary/aromatic N) is 3. The van der Waals surface area contributed by atoms with E-state index in [2.05, 4.69) is 14.7 Å². The Morgan fingerprint density at radius 3 is 2.43 bits per heavy atom. The van der Waals surface area contributed by atoms with Crippen molar-refractivity contribution >= 4 is 16.2 Å². The van der Waals surface area contributed by atoms with E-state index in [4.69, 9.17) is 0 Å². The zero-order valence-electron chi connectivity index (χ0n) is 7.42. The molecule has 1 aliphatic heterocycles. The molecule has 0 aromatic carbocycles. The van der Waals surface area contributed by atoms with Crippen molar-refractivity contribution in [3.8, 4) is 0 Å². The molecule has 1 aliphatic rings. The molecule has 76 valence electrons. The molecule has 1 fully saturated rings. The standard InChI is InChI=1S/C7H10N4O2S/c12-14(13,11-5-2-6-11)10-7-8-3-1-4-9-7/h1,3-4H,2,5-6H2,(H,8,9,10). The fraction of sp³-hybridized carbons (Fsp3) is 0.429. The molecule has 6 nitrogen and oxygen atoms in total. The van der Waals surface area contributed by atoms with Crippen molar-refractivity contribution in [3.63, 3.8) is 0 Å². The van der Waals surface area contributed by atoms with Gasteiger partial charge in [-0.3, -0.25) is 0 Å². The van der Waals surface area contributed by atoms with Gasteiger partial charge in [0.15, 0.2) is 0 Å². The van der Waals surface area contributed by atoms with Gasteiger partial charge in [-0.25, -0.2) is 14.7 Å². The lowest BCUT2D eigenvalue weighted by molar-refractivity contribution is 0.311. The van der Waals surface area contributed by atoms with Crippen LogP contribution in [-0.2, 0) is 10.2 Å². The Morgan fingerprint density at radius 2 is 1.93 bits per heavy atom. The van der Waals surface area contributed by atoms with Crippen LogP contribution in [0.15, 0.2) is 18.5 Å². The van der Waals surface area contributed by atoms with Crippen LogP contribution in [0.3, 0.4) is 0 Å². The number of nitrogens with one attached hydrogen (secondary N) is 1. The summed E-state index contributed by atoms with van der Waals surface area (Å²) in [5, 5.41) is 0. The van der Waals surface area contributed by atoms with Gasteiger partial charge in [0.2, 0.25) is 5.95 Å². The summed E-state index contributed by atoms with van der Waals surface area (Å²) < 4.78 is 26.7. The first-order chi connectivity index (χ1) is 6.68. The van der Waals surface area contributed by atoms with Crippen molar-refractivity contribution in [1.82, 2.24) is 14.3 Å². The first-order valence-electron chi connectivity index (χ1n) is 4.23. The molecule has 0 atom stereocenters. The van der Waals surface area contributed by atoms with Crippen LogP contribution in [0.4, 0.5) is 5.95 Å². The lowest BCUT2D eigenvalue weighted by atomic mass is 10.3. The van der Waals surface area contributed by atoms with Gasteiger partial charge < -0.3 is 0 Å². The average molecular weight is 214 g/mol. The van der Waals surface area contributed by atoms with Crippen LogP contribution in [0.5, 0.6) is 0 Å². The Morgan fingerprint density at radius 1 is 1.29 bits per heavy atom. The number of hydrogen-bond acceptors (Lipinski definition) is 4. The van der Waals surface area contributed by atoms with Gasteiger partial charge in [-0.15, -0.1) is 0 Å². The van der Waals surface area contributed by atoms with Gasteiger partial charge in [-0.1, -0.05) is 0 Å². The summed E-state index contributed by atoms with van der Waals surface area (Å²) in [6.45, 7) is 1.14. The van der Waals surface area contributed by atoms with E-state index in [1.54, 1.807) is 6.07 Å². The van der Waals surface area contributed by atoms with Crippen LogP contribution >= 0.6 is 0 Å². The molecule has 0 unspecified atom stereocenters. The van der Waals surface area contributed by atoms with Crippen LogP contribution in [0, 0.1) is 0 Å². The SMILES string of the molecule is O=S(=O)(Nc1ncccn1)N1CCC1. The van der Waals surface area contributed by atoms with Crippen molar-refractivity contribution < 1.29 is 8.42 Å². The fourth-order valence-corrected chi connectivity index (χ4v) is 2.26. The molecule has 14 heavy (non-hydrogen) atoms. The van der Waals surface area contributed by atoms with Gasteiger partial charge >= 0.3 is 10.2 Å². The fourth-order valence-electron chi connectivity index (χ4n) is 1.06. The summed E-state index contributed by atoms with van der Waals surface area (Å²) in [5.41, 5.74) is 0. The van der Waals surface area contributed by atoms with Crippen LogP contribution in [0.2, 0.25) is 0 Å². The van der Waals surface area contributed by atoms with E-state index in [0.717, 1.165) is 6.42 Å². The van der Waals surface area contributed by atoms with E-state index >= 15 is 0 Å². The second kappa shape index (κ2) is 3.50. The predicted octanol–water partition coefficient (Wildman–Crippen LogP) is -0.161. The highest BCUT2D eigenvalue weighted by Gasteiger charge is 2.27. The first kappa shape index (κ1) is 9.35. The van der Waals surface area contributed by atoms with Gasteiger partial charge in [0.05, 0.1) is 0 Å². The van der Waals surface area contributed by atoms with Gasteiger partial charge in [0.25, 0.3) is 0 Å². The molecule has 1 saturated heterocycles. The Labute approximate surface area is 82.2 Å². The summed E-state index contributed by atoms with van der Waals surface area (Å²) in [4.78, 5) is 7.55. The van der Waals surface area contributed by atoms with E-state index < -0.39 is 10.2 Å². The molecule has 1 aromatic rings. The second-order valence-electron chi connectivity index (χ2n) is 2.93. The highest BCUT2D eigenvalue weighted by Crippen LogP contribution is 2.13. The Balaban J connectivity index is 2.10. The van der Waals surface area contributed by atoms with E-state index in [9.17, 15) is 8.42 Å². The maximum absolute atomic E-state index is 11.5. The topological polar surface area (TPSA) is 75.2 Å². The molecule has 2 heterocycles. The van der Waals surface area contributed by atoms with Gasteiger partial charge in [-0.2, -0.15) is 12.7 Å². The molecule has 0 aliphatic carbocycles. The van der Waals surface area contributed by atoms with Crippen molar-refractivity contribution in [2.45, 2.75) is 6.42 Å². The van der Waals surface area contributed by atoms with Gasteiger partial charge in [-0.05, 0) is 12.5 Å². The van der Waals surface area contributed by atoms with E-state index in [1.165, 1.54) is 16.7 Å². The molecular formula is C7H10N4O2S. The third kappa shape index (κ3) is 1.83. The maximum Gasteiger partial charge on any atom is 0.303 e. The Bertz CT molecular complexity index is 401. The van der Waals surface area contributed by atoms with Crippen LogP contribution in [0.25, 0.3) is 0 Å². The van der Waals surface area contributed by atoms with E-state index in [-0.39, 0.29) is 5.95 Å². The minimum Gasteiger partial charge on any atom is -0.238 e. The Hall–Kier alpha value is -1.21. The second-order valence-corrected chi connectivity index (χ2v) is 4.60. The molecule has 2 rings (SSSR count). The normalized spacial score (nSPS) is 17.4. The first-order valence-corrected chi connectivity index (χ1v) is 5.67. The number of aromatic nitrogens is 2. The third-order valence-electron chi connectivity index (χ3n) is 1.94. The molecule has 0 amide bonds. The Kier molecular flexibility index (Phi) is 2.34. The predicted molar refractivity (Wildman–Crippen MR) is 50.8 cm³/mol. The summed E-state index contributed by atoms with van der Waals surface area (Å²) in [6.07, 6.45) is 3.89. The molecular weight excluding hydrogens is 204 g/mol. The minimum absolute atomic E-state index is 0.111. The van der Waals surface area contributed by atoms with Gasteiger partial charge in [0.1, 0.15) is 0 Å². The van der Waals surface area contributed by atoms with E-state index in [0.29, 0.717) is 13.1 Å². The molecule has 0 radical (unpaired) electrons. The van der Waals surface area contributed by atoms with Crippen molar-refractivity contribution in [1.29, 1.82) is 0 Å². The lowest BCUT2D eigenvalue weighted by Crippen LogP contribution is -2.45. The quantitative estimate of drug-likeness (QED) is 0.758. The van der Waals surface area contributed by atoms with Crippen LogP contribution in [0.1, 0.15) is 6.42 Å². The van der Waals surface area contributed by atoms with Gasteiger partial charge in [0, 0.05) is 25.5 Å². The smallest absolute Gasteiger partial charge is 0.238 e. The number of anilines is 1. The van der Waals surface area contributed by atoms with Crippen molar-refractivity contribution in [3.05, 3.63) is 18.5 Å². The summed E-state index contributed by atoms with van der Waals surface area (Å²) in [7, 11) is -3.42. The molecule has 1 N–H and O–H groups in total. The summed E-state index contributed by atoms with van der Waals surface area (Å²) >= 11 is 0. The molecule has 0 saturated carbocycles. The monoisotopic (exact) mass is 214 g/mol. The molecule has 1 aromatic heterocycles. The van der Waals surface area contributed by atoms with Crippen molar-refractivity contribution in [2.24, 2.45) is 0 Å². The highest BCUT2D eigenvalue weighted by atomic mass is 32.2. The zero-order chi connectivity index (χ0) is 10.0. The molecule has 0 spiro atoms. The third-order valence-corrected chi connectivity index (χ3v) is 3.43. The zero-order valence-corrected chi connectivity index (χ0v) is 8.24. The van der Waals surface area contributed by atoms with Crippen LogP contribution in [-0.4, -0.2) is 35.8 Å². The lowest BCUT2D eigenvalue weighted by Gasteiger charge is -2.29. The van der Waals surface area contributed by atoms with E-state index in [1.807, 2.05) is 0 Å². The molecule has 7 heteroatoms. The average Bonchev–Trinajstić information content (AvgIpc) is 2.00. The summed E-state index contributed by atoms with van der Waals surface area (Å²) in [6, 6.07) is 1.63. The van der Waals surface area contributed by atoms with Crippen molar-refractivity contribution in [2.75, 3.05) is 17.8 Å². The van der Waals surface area contributed by atoms with Crippen LogP contribution < -0.4 is 4.72 Å². The summed E-state index contributed by atoms with van der Waals surface area (Å²) in [5.74, 6) is 0.111. The largest absolute Gasteiger partial charge is 0.303 e. The molecule has 0 bridgehead atoms.